The van der Waals surface area contributed by atoms with E-state index in [2.05, 4.69) is 74.3 Å². The van der Waals surface area contributed by atoms with Gasteiger partial charge in [-0.15, -0.1) is 0 Å². The molecule has 1 nitrogen and oxygen atoms in total. The highest BCUT2D eigenvalue weighted by molar-refractivity contribution is 5.99. The molecule has 0 saturated carbocycles. The molecule has 1 heterocycles. The lowest BCUT2D eigenvalue weighted by atomic mass is 9.91. The smallest absolute Gasteiger partial charge is 0.106 e. The molecule has 2 heteroatoms. The summed E-state index contributed by atoms with van der Waals surface area (Å²) in [4.78, 5) is 0. The minimum absolute atomic E-state index is 0. The molecule has 0 spiro atoms. The fourth-order valence-corrected chi connectivity index (χ4v) is 3.99. The molecule has 1 atom stereocenters. The van der Waals surface area contributed by atoms with Crippen molar-refractivity contribution >= 4 is 10.8 Å². The Labute approximate surface area is 154 Å². The van der Waals surface area contributed by atoms with E-state index < -0.39 is 0 Å². The first kappa shape index (κ1) is 16.9. The summed E-state index contributed by atoms with van der Waals surface area (Å²) in [7, 11) is 2.33. The van der Waals surface area contributed by atoms with E-state index in [1.165, 1.54) is 33.0 Å². The lowest BCUT2D eigenvalue weighted by Gasteiger charge is -2.27. The van der Waals surface area contributed by atoms with Gasteiger partial charge in [-0.3, -0.25) is 0 Å². The molecule has 0 radical (unpaired) electrons. The van der Waals surface area contributed by atoms with Gasteiger partial charge in [0.05, 0.1) is 13.6 Å². The molecule has 0 fully saturated rings. The van der Waals surface area contributed by atoms with Gasteiger partial charge in [0.2, 0.25) is 0 Å². The second-order valence-corrected chi connectivity index (χ2v) is 6.88. The van der Waals surface area contributed by atoms with Crippen molar-refractivity contribution in [2.75, 3.05) is 13.6 Å². The van der Waals surface area contributed by atoms with Crippen molar-refractivity contribution in [3.05, 3.63) is 84.4 Å². The quantitative estimate of drug-likeness (QED) is 0.483. The van der Waals surface area contributed by atoms with E-state index in [-0.39, 0.29) is 17.0 Å². The molecular formula is C22H22BrN. The van der Waals surface area contributed by atoms with Crippen molar-refractivity contribution in [3.63, 3.8) is 0 Å². The van der Waals surface area contributed by atoms with Gasteiger partial charge in [0.25, 0.3) is 0 Å². The van der Waals surface area contributed by atoms with Crippen molar-refractivity contribution in [1.82, 2.24) is 0 Å². The van der Waals surface area contributed by atoms with Crippen LogP contribution in [0, 0.1) is 0 Å². The van der Waals surface area contributed by atoms with E-state index in [9.17, 15) is 0 Å². The monoisotopic (exact) mass is 379 g/mol. The van der Waals surface area contributed by atoms with Crippen molar-refractivity contribution in [2.45, 2.75) is 13.1 Å². The van der Waals surface area contributed by atoms with E-state index >= 15 is 0 Å². The number of rotatable bonds is 3. The molecule has 0 aliphatic carbocycles. The Morgan fingerprint density at radius 2 is 1.71 bits per heavy atom. The van der Waals surface area contributed by atoms with Gasteiger partial charge in [0, 0.05) is 11.1 Å². The summed E-state index contributed by atoms with van der Waals surface area (Å²) < 4.78 is 1.02. The maximum absolute atomic E-state index is 3.95. The van der Waals surface area contributed by atoms with Gasteiger partial charge in [-0.1, -0.05) is 61.2 Å². The van der Waals surface area contributed by atoms with E-state index in [4.69, 9.17) is 0 Å². The molecule has 1 aliphatic rings. The molecule has 3 aromatic carbocycles. The fourth-order valence-electron chi connectivity index (χ4n) is 3.99. The third-order valence-electron chi connectivity index (χ3n) is 4.97. The number of hydrogen-bond acceptors (Lipinski definition) is 0. The molecule has 0 amide bonds. The van der Waals surface area contributed by atoms with Gasteiger partial charge in [-0.25, -0.2) is 0 Å². The van der Waals surface area contributed by atoms with E-state index in [1.807, 2.05) is 6.08 Å². The van der Waals surface area contributed by atoms with Gasteiger partial charge >= 0.3 is 0 Å². The van der Waals surface area contributed by atoms with Crippen LogP contribution >= 0.6 is 0 Å². The molecule has 0 bridgehead atoms. The Hall–Kier alpha value is -1.90. The second kappa shape index (κ2) is 6.54. The number of fused-ring (bicyclic) bond motifs is 2. The number of quaternary nitrogens is 1. The van der Waals surface area contributed by atoms with Crippen LogP contribution in [0.3, 0.4) is 0 Å². The Balaban J connectivity index is 0.00000169. The first-order valence-electron chi connectivity index (χ1n) is 8.23. The average Bonchev–Trinajstić information content (AvgIpc) is 2.89. The number of likely N-dealkylation sites (N-methyl/N-ethyl adjacent to an activating group) is 1. The topological polar surface area (TPSA) is 0 Å². The summed E-state index contributed by atoms with van der Waals surface area (Å²) in [6, 6.07) is 22.0. The molecule has 24 heavy (non-hydrogen) atoms. The van der Waals surface area contributed by atoms with Gasteiger partial charge in [0.1, 0.15) is 13.1 Å². The number of nitrogens with zero attached hydrogens (tertiary/aromatic N) is 1. The molecule has 1 unspecified atom stereocenters. The maximum Gasteiger partial charge on any atom is 0.106 e. The predicted molar refractivity (Wildman–Crippen MR) is 98.0 cm³/mol. The summed E-state index contributed by atoms with van der Waals surface area (Å²) in [6.45, 7) is 7.13. The molecule has 122 valence electrons. The summed E-state index contributed by atoms with van der Waals surface area (Å²) in [6.07, 6.45) is 2.05. The van der Waals surface area contributed by atoms with Crippen LogP contribution in [0.2, 0.25) is 0 Å². The number of halogens is 1. The van der Waals surface area contributed by atoms with Crippen LogP contribution in [-0.4, -0.2) is 18.1 Å². The highest BCUT2D eigenvalue weighted by Gasteiger charge is 2.33. The SMILES string of the molecule is C=CC[N+]1(C)Cc2cc3ccccc3c(-c3ccccc3)c2C1.[Br-]. The summed E-state index contributed by atoms with van der Waals surface area (Å²) >= 11 is 0. The van der Waals surface area contributed by atoms with Gasteiger partial charge < -0.3 is 21.5 Å². The van der Waals surface area contributed by atoms with Crippen LogP contribution < -0.4 is 17.0 Å². The zero-order valence-corrected chi connectivity index (χ0v) is 15.6. The van der Waals surface area contributed by atoms with Crippen molar-refractivity contribution in [1.29, 1.82) is 0 Å². The van der Waals surface area contributed by atoms with Gasteiger partial charge in [0.15, 0.2) is 0 Å². The lowest BCUT2D eigenvalue weighted by Crippen LogP contribution is -3.00. The minimum atomic E-state index is 0. The Morgan fingerprint density at radius 1 is 1.00 bits per heavy atom. The molecule has 4 rings (SSSR count). The molecule has 0 saturated heterocycles. The zero-order valence-electron chi connectivity index (χ0n) is 14.0. The highest BCUT2D eigenvalue weighted by atomic mass is 79.9. The van der Waals surface area contributed by atoms with Crippen LogP contribution in [0.1, 0.15) is 11.1 Å². The molecule has 0 N–H and O–H groups in total. The number of benzene rings is 3. The standard InChI is InChI=1S/C22H22N.BrH/c1-3-13-23(2)15-19-14-18-11-7-8-12-20(18)22(21(19)16-23)17-9-5-4-6-10-17;/h3-12,14H,1,13,15-16H2,2H3;1H/q+1;/p-1. The Bertz CT molecular complexity index is 885. The van der Waals surface area contributed by atoms with E-state index in [1.54, 1.807) is 0 Å². The third kappa shape index (κ3) is 2.81. The average molecular weight is 380 g/mol. The van der Waals surface area contributed by atoms with Crippen LogP contribution in [0.5, 0.6) is 0 Å². The third-order valence-corrected chi connectivity index (χ3v) is 4.97. The largest absolute Gasteiger partial charge is 1.00 e. The van der Waals surface area contributed by atoms with Crippen LogP contribution in [-0.2, 0) is 13.1 Å². The predicted octanol–water partition coefficient (Wildman–Crippen LogP) is 2.16. The summed E-state index contributed by atoms with van der Waals surface area (Å²) in [5.74, 6) is 0. The normalized spacial score (nSPS) is 18.9. The first-order chi connectivity index (χ1) is 11.2. The van der Waals surface area contributed by atoms with Crippen LogP contribution in [0.15, 0.2) is 73.3 Å². The van der Waals surface area contributed by atoms with Gasteiger partial charge in [-0.05, 0) is 34.0 Å². The van der Waals surface area contributed by atoms with Crippen LogP contribution in [0.25, 0.3) is 21.9 Å². The van der Waals surface area contributed by atoms with Gasteiger partial charge in [-0.2, -0.15) is 0 Å². The van der Waals surface area contributed by atoms with Crippen molar-refractivity contribution in [2.24, 2.45) is 0 Å². The highest BCUT2D eigenvalue weighted by Crippen LogP contribution is 2.40. The van der Waals surface area contributed by atoms with Crippen LogP contribution in [0.4, 0.5) is 0 Å². The van der Waals surface area contributed by atoms with E-state index in [0.29, 0.717) is 0 Å². The lowest BCUT2D eigenvalue weighted by molar-refractivity contribution is -0.923. The first-order valence-corrected chi connectivity index (χ1v) is 8.23. The Kier molecular flexibility index (Phi) is 4.62. The zero-order chi connectivity index (χ0) is 15.9. The summed E-state index contributed by atoms with van der Waals surface area (Å²) in [5.41, 5.74) is 5.75. The van der Waals surface area contributed by atoms with Crippen molar-refractivity contribution < 1.29 is 21.5 Å². The summed E-state index contributed by atoms with van der Waals surface area (Å²) in [5, 5.41) is 2.71. The minimum Gasteiger partial charge on any atom is -1.00 e. The van der Waals surface area contributed by atoms with Crippen molar-refractivity contribution in [3.8, 4) is 11.1 Å². The molecular weight excluding hydrogens is 358 g/mol. The Morgan fingerprint density at radius 3 is 2.46 bits per heavy atom. The van der Waals surface area contributed by atoms with E-state index in [0.717, 1.165) is 24.1 Å². The number of hydrogen-bond donors (Lipinski definition) is 0. The molecule has 1 aliphatic heterocycles. The second-order valence-electron chi connectivity index (χ2n) is 6.88. The molecule has 0 aromatic heterocycles. The molecule has 3 aromatic rings. The fraction of sp³-hybridized carbons (Fsp3) is 0.182. The maximum atomic E-state index is 3.95.